The second-order valence-electron chi connectivity index (χ2n) is 6.81. The quantitative estimate of drug-likeness (QED) is 0.352. The van der Waals surface area contributed by atoms with Gasteiger partial charge in [0.25, 0.3) is 0 Å². The highest BCUT2D eigenvalue weighted by molar-refractivity contribution is 14.0. The Kier molecular flexibility index (Phi) is 8.14. The van der Waals surface area contributed by atoms with Crippen molar-refractivity contribution in [3.8, 4) is 0 Å². The number of fused-ring (bicyclic) bond motifs is 1. The van der Waals surface area contributed by atoms with Gasteiger partial charge in [-0.1, -0.05) is 0 Å². The van der Waals surface area contributed by atoms with Gasteiger partial charge in [0, 0.05) is 42.8 Å². The molecule has 0 amide bonds. The van der Waals surface area contributed by atoms with Gasteiger partial charge in [0.15, 0.2) is 5.96 Å². The highest BCUT2D eigenvalue weighted by Gasteiger charge is 2.20. The van der Waals surface area contributed by atoms with Gasteiger partial charge in [-0.25, -0.2) is 4.39 Å². The molecule has 1 aromatic heterocycles. The van der Waals surface area contributed by atoms with Crippen molar-refractivity contribution in [1.82, 2.24) is 20.5 Å². The van der Waals surface area contributed by atoms with Crippen molar-refractivity contribution in [2.75, 3.05) is 34.2 Å². The highest BCUT2D eigenvalue weighted by atomic mass is 127. The minimum absolute atomic E-state index is 0. The lowest BCUT2D eigenvalue weighted by Crippen LogP contribution is -2.51. The molecule has 0 saturated carbocycles. The number of likely N-dealkylation sites (N-methyl/N-ethyl adjacent to an activating group) is 1. The number of nitrogens with one attached hydrogen (secondary N) is 3. The van der Waals surface area contributed by atoms with Crippen LogP contribution in [0.4, 0.5) is 4.39 Å². The van der Waals surface area contributed by atoms with Crippen molar-refractivity contribution in [2.24, 2.45) is 4.99 Å². The van der Waals surface area contributed by atoms with Crippen molar-refractivity contribution in [3.63, 3.8) is 0 Å². The molecular formula is C18H29FIN5. The number of H-pyrrole nitrogens is 1. The zero-order valence-electron chi connectivity index (χ0n) is 15.6. The van der Waals surface area contributed by atoms with Gasteiger partial charge in [-0.2, -0.15) is 0 Å². The van der Waals surface area contributed by atoms with E-state index in [-0.39, 0.29) is 35.3 Å². The predicted molar refractivity (Wildman–Crippen MR) is 115 cm³/mol. The molecule has 1 heterocycles. The third-order valence-corrected chi connectivity index (χ3v) is 4.54. The number of benzene rings is 1. The van der Waals surface area contributed by atoms with Crippen LogP contribution in [0.15, 0.2) is 29.4 Å². The Balaban J connectivity index is 0.00000312. The summed E-state index contributed by atoms with van der Waals surface area (Å²) in [6, 6.07) is 4.82. The van der Waals surface area contributed by atoms with Crippen LogP contribution in [0.2, 0.25) is 0 Å². The lowest BCUT2D eigenvalue weighted by molar-refractivity contribution is 0.197. The highest BCUT2D eigenvalue weighted by Crippen LogP contribution is 2.19. The summed E-state index contributed by atoms with van der Waals surface area (Å²) in [5, 5.41) is 7.60. The van der Waals surface area contributed by atoms with Gasteiger partial charge in [0.05, 0.1) is 0 Å². The average molecular weight is 461 g/mol. The average Bonchev–Trinajstić information content (AvgIpc) is 2.92. The van der Waals surface area contributed by atoms with Crippen LogP contribution in [-0.4, -0.2) is 55.6 Å². The first-order valence-corrected chi connectivity index (χ1v) is 8.21. The van der Waals surface area contributed by atoms with Crippen LogP contribution in [0.5, 0.6) is 0 Å². The summed E-state index contributed by atoms with van der Waals surface area (Å²) in [6.45, 7) is 5.87. The summed E-state index contributed by atoms with van der Waals surface area (Å²) in [4.78, 5) is 9.61. The normalized spacial score (nSPS) is 12.4. The summed E-state index contributed by atoms with van der Waals surface area (Å²) in [7, 11) is 5.89. The van der Waals surface area contributed by atoms with Crippen molar-refractivity contribution in [1.29, 1.82) is 0 Å². The predicted octanol–water partition coefficient (Wildman–Crippen LogP) is 2.97. The maximum atomic E-state index is 13.4. The Labute approximate surface area is 166 Å². The van der Waals surface area contributed by atoms with E-state index in [1.54, 1.807) is 19.2 Å². The smallest absolute Gasteiger partial charge is 0.191 e. The molecule has 0 unspecified atom stereocenters. The van der Waals surface area contributed by atoms with Gasteiger partial charge in [0.2, 0.25) is 0 Å². The van der Waals surface area contributed by atoms with Crippen LogP contribution >= 0.6 is 24.0 Å². The van der Waals surface area contributed by atoms with Gasteiger partial charge in [-0.15, -0.1) is 24.0 Å². The van der Waals surface area contributed by atoms with E-state index < -0.39 is 0 Å². The maximum Gasteiger partial charge on any atom is 0.191 e. The van der Waals surface area contributed by atoms with E-state index in [0.29, 0.717) is 0 Å². The van der Waals surface area contributed by atoms with Crippen LogP contribution in [0.3, 0.4) is 0 Å². The van der Waals surface area contributed by atoms with Crippen LogP contribution in [0.1, 0.15) is 19.4 Å². The fraction of sp³-hybridized carbons (Fsp3) is 0.500. The monoisotopic (exact) mass is 461 g/mol. The maximum absolute atomic E-state index is 13.4. The molecule has 2 aromatic rings. The number of aliphatic imine (C=N–C) groups is 1. The molecule has 0 aliphatic carbocycles. The largest absolute Gasteiger partial charge is 0.361 e. The van der Waals surface area contributed by atoms with Gasteiger partial charge in [-0.3, -0.25) is 4.99 Å². The molecule has 25 heavy (non-hydrogen) atoms. The SMILES string of the molecule is CN=C(NCCc1c[nH]c2ccc(F)cc12)NCC(C)(C)N(C)C.I. The number of rotatable bonds is 6. The third kappa shape index (κ3) is 5.85. The van der Waals surface area contributed by atoms with E-state index in [4.69, 9.17) is 0 Å². The molecule has 0 saturated heterocycles. The number of hydrogen-bond acceptors (Lipinski definition) is 2. The van der Waals surface area contributed by atoms with Crippen molar-refractivity contribution < 1.29 is 4.39 Å². The van der Waals surface area contributed by atoms with Crippen molar-refractivity contribution in [3.05, 3.63) is 35.8 Å². The molecule has 0 atom stereocenters. The first-order chi connectivity index (χ1) is 11.3. The van der Waals surface area contributed by atoms with E-state index in [1.807, 2.05) is 6.20 Å². The van der Waals surface area contributed by atoms with Gasteiger partial charge >= 0.3 is 0 Å². The van der Waals surface area contributed by atoms with Crippen LogP contribution in [-0.2, 0) is 6.42 Å². The Morgan fingerprint density at radius 3 is 2.64 bits per heavy atom. The van der Waals surface area contributed by atoms with Gasteiger partial charge < -0.3 is 20.5 Å². The Bertz CT molecular complexity index is 709. The first-order valence-electron chi connectivity index (χ1n) is 8.21. The van der Waals surface area contributed by atoms with E-state index in [2.05, 4.69) is 53.5 Å². The molecule has 140 valence electrons. The Morgan fingerprint density at radius 1 is 1.28 bits per heavy atom. The first kappa shape index (κ1) is 21.7. The zero-order chi connectivity index (χ0) is 17.7. The summed E-state index contributed by atoms with van der Waals surface area (Å²) < 4.78 is 13.4. The second-order valence-corrected chi connectivity index (χ2v) is 6.81. The number of nitrogens with zero attached hydrogens (tertiary/aromatic N) is 2. The molecule has 0 fully saturated rings. The van der Waals surface area contributed by atoms with Crippen molar-refractivity contribution >= 4 is 40.8 Å². The molecule has 3 N–H and O–H groups in total. The van der Waals surface area contributed by atoms with E-state index in [1.165, 1.54) is 6.07 Å². The lowest BCUT2D eigenvalue weighted by atomic mass is 10.0. The number of aromatic nitrogens is 1. The van der Waals surface area contributed by atoms with E-state index >= 15 is 0 Å². The summed E-state index contributed by atoms with van der Waals surface area (Å²) in [5.74, 6) is 0.565. The molecule has 0 spiro atoms. The minimum Gasteiger partial charge on any atom is -0.361 e. The molecule has 0 aliphatic rings. The van der Waals surface area contributed by atoms with Crippen LogP contribution in [0, 0.1) is 5.82 Å². The van der Waals surface area contributed by atoms with E-state index in [9.17, 15) is 4.39 Å². The number of halogens is 2. The summed E-state index contributed by atoms with van der Waals surface area (Å²) in [5.41, 5.74) is 2.09. The van der Waals surface area contributed by atoms with Crippen molar-refractivity contribution in [2.45, 2.75) is 25.8 Å². The van der Waals surface area contributed by atoms with Gasteiger partial charge in [0.1, 0.15) is 5.82 Å². The summed E-state index contributed by atoms with van der Waals surface area (Å²) in [6.07, 6.45) is 2.73. The standard InChI is InChI=1S/C18H28FN5.HI/c1-18(2,24(4)5)12-23-17(20-3)21-9-8-13-11-22-16-7-6-14(19)10-15(13)16;/h6-7,10-11,22H,8-9,12H2,1-5H3,(H2,20,21,23);1H. The zero-order valence-corrected chi connectivity index (χ0v) is 17.9. The number of aromatic amines is 1. The lowest BCUT2D eigenvalue weighted by Gasteiger charge is -2.33. The molecule has 0 radical (unpaired) electrons. The Morgan fingerprint density at radius 2 is 2.00 bits per heavy atom. The molecule has 0 aliphatic heterocycles. The minimum atomic E-state index is -0.209. The van der Waals surface area contributed by atoms with Gasteiger partial charge in [-0.05, 0) is 58.1 Å². The topological polar surface area (TPSA) is 55.5 Å². The molecule has 5 nitrogen and oxygen atoms in total. The molecule has 0 bridgehead atoms. The van der Waals surface area contributed by atoms with E-state index in [0.717, 1.165) is 41.9 Å². The number of hydrogen-bond donors (Lipinski definition) is 3. The van der Waals surface area contributed by atoms with Crippen LogP contribution < -0.4 is 10.6 Å². The molecular weight excluding hydrogens is 432 g/mol. The Hall–Kier alpha value is -1.35. The molecule has 1 aromatic carbocycles. The molecule has 2 rings (SSSR count). The fourth-order valence-corrected chi connectivity index (χ4v) is 2.35. The molecule has 7 heteroatoms. The third-order valence-electron chi connectivity index (χ3n) is 4.54. The number of guanidine groups is 1. The van der Waals surface area contributed by atoms with Crippen LogP contribution in [0.25, 0.3) is 10.9 Å². The summed E-state index contributed by atoms with van der Waals surface area (Å²) >= 11 is 0. The fourth-order valence-electron chi connectivity index (χ4n) is 2.35. The second kappa shape index (κ2) is 9.38.